The molecule has 0 spiro atoms. The molecule has 5 nitrogen and oxygen atoms in total. The molecule has 0 saturated carbocycles. The van der Waals surface area contributed by atoms with E-state index in [1.807, 2.05) is 18.2 Å². The second-order valence-corrected chi connectivity index (χ2v) is 8.38. The van der Waals surface area contributed by atoms with Gasteiger partial charge in [-0.3, -0.25) is 4.79 Å². The SMILES string of the molecule is Cc1cccc(C2CC(=O)c3cnc4nc(SCc5ccccc5)nn4c3C2)c1. The highest BCUT2D eigenvalue weighted by Gasteiger charge is 2.29. The Morgan fingerprint density at radius 2 is 1.97 bits per heavy atom. The van der Waals surface area contributed by atoms with Gasteiger partial charge in [0.2, 0.25) is 5.16 Å². The van der Waals surface area contributed by atoms with Crippen LogP contribution < -0.4 is 0 Å². The van der Waals surface area contributed by atoms with Gasteiger partial charge in [-0.1, -0.05) is 71.9 Å². The molecule has 4 aromatic rings. The number of aromatic nitrogens is 4. The van der Waals surface area contributed by atoms with Crippen LogP contribution in [0.5, 0.6) is 0 Å². The number of thioether (sulfide) groups is 1. The van der Waals surface area contributed by atoms with Crippen LogP contribution in [0.25, 0.3) is 5.78 Å². The zero-order valence-corrected chi connectivity index (χ0v) is 16.9. The van der Waals surface area contributed by atoms with Crippen LogP contribution in [0.1, 0.15) is 45.1 Å². The van der Waals surface area contributed by atoms with Gasteiger partial charge in [0.25, 0.3) is 5.78 Å². The van der Waals surface area contributed by atoms with E-state index in [0.29, 0.717) is 22.9 Å². The van der Waals surface area contributed by atoms with E-state index in [2.05, 4.69) is 58.4 Å². The Bertz CT molecular complexity index is 1200. The van der Waals surface area contributed by atoms with Crippen LogP contribution in [0.3, 0.4) is 0 Å². The molecular weight excluding hydrogens is 380 g/mol. The van der Waals surface area contributed by atoms with E-state index in [4.69, 9.17) is 0 Å². The minimum Gasteiger partial charge on any atom is -0.294 e. The van der Waals surface area contributed by atoms with Gasteiger partial charge in [0.05, 0.1) is 11.3 Å². The summed E-state index contributed by atoms with van der Waals surface area (Å²) >= 11 is 1.58. The molecule has 1 aliphatic carbocycles. The average molecular weight is 401 g/mol. The van der Waals surface area contributed by atoms with E-state index < -0.39 is 0 Å². The number of carbonyl (C=O) groups excluding carboxylic acids is 1. The number of ketones is 1. The van der Waals surface area contributed by atoms with Crippen molar-refractivity contribution in [2.24, 2.45) is 0 Å². The molecule has 0 N–H and O–H groups in total. The first-order valence-electron chi connectivity index (χ1n) is 9.68. The van der Waals surface area contributed by atoms with Crippen LogP contribution in [0, 0.1) is 6.92 Å². The lowest BCUT2D eigenvalue weighted by atomic mass is 9.82. The summed E-state index contributed by atoms with van der Waals surface area (Å²) in [4.78, 5) is 21.8. The second-order valence-electron chi connectivity index (χ2n) is 7.44. The molecule has 1 atom stereocenters. The summed E-state index contributed by atoms with van der Waals surface area (Å²) in [6.45, 7) is 2.08. The molecule has 0 bridgehead atoms. The summed E-state index contributed by atoms with van der Waals surface area (Å²) in [6.07, 6.45) is 2.93. The molecule has 1 unspecified atom stereocenters. The van der Waals surface area contributed by atoms with Crippen LogP contribution in [-0.2, 0) is 12.2 Å². The highest BCUT2D eigenvalue weighted by Crippen LogP contribution is 2.33. The number of nitrogens with zero attached hydrogens (tertiary/aromatic N) is 4. The lowest BCUT2D eigenvalue weighted by molar-refractivity contribution is 0.0962. The molecule has 144 valence electrons. The van der Waals surface area contributed by atoms with E-state index in [1.54, 1.807) is 22.5 Å². The number of benzene rings is 2. The van der Waals surface area contributed by atoms with Gasteiger partial charge in [-0.25, -0.2) is 4.98 Å². The highest BCUT2D eigenvalue weighted by molar-refractivity contribution is 7.98. The zero-order valence-electron chi connectivity index (χ0n) is 16.1. The van der Waals surface area contributed by atoms with Crippen LogP contribution >= 0.6 is 11.8 Å². The summed E-state index contributed by atoms with van der Waals surface area (Å²) in [7, 11) is 0. The third kappa shape index (κ3) is 3.56. The first kappa shape index (κ1) is 18.1. The monoisotopic (exact) mass is 400 g/mol. The van der Waals surface area contributed by atoms with Crippen molar-refractivity contribution < 1.29 is 4.79 Å². The van der Waals surface area contributed by atoms with E-state index in [9.17, 15) is 4.79 Å². The second kappa shape index (κ2) is 7.44. The molecule has 2 heterocycles. The Kier molecular flexibility index (Phi) is 4.64. The summed E-state index contributed by atoms with van der Waals surface area (Å²) in [5.74, 6) is 1.63. The Hall–Kier alpha value is -2.99. The number of carbonyl (C=O) groups is 1. The van der Waals surface area contributed by atoms with E-state index in [-0.39, 0.29) is 11.7 Å². The number of rotatable bonds is 4. The first-order valence-corrected chi connectivity index (χ1v) is 10.7. The van der Waals surface area contributed by atoms with Gasteiger partial charge < -0.3 is 0 Å². The molecule has 2 aromatic heterocycles. The minimum absolute atomic E-state index is 0.126. The standard InChI is InChI=1S/C23H20N4OS/c1-15-6-5-9-17(10-15)18-11-20-19(21(28)12-18)13-24-22-25-23(26-27(20)22)29-14-16-7-3-2-4-8-16/h2-10,13,18H,11-12,14H2,1H3. The van der Waals surface area contributed by atoms with Gasteiger partial charge in [-0.2, -0.15) is 9.50 Å². The zero-order chi connectivity index (χ0) is 19.8. The number of hydrogen-bond acceptors (Lipinski definition) is 5. The van der Waals surface area contributed by atoms with Crippen molar-refractivity contribution in [3.8, 4) is 0 Å². The van der Waals surface area contributed by atoms with E-state index in [1.165, 1.54) is 16.7 Å². The number of Topliss-reactive ketones (excluding diaryl/α,β-unsaturated/α-hetero) is 1. The van der Waals surface area contributed by atoms with E-state index in [0.717, 1.165) is 17.9 Å². The van der Waals surface area contributed by atoms with Crippen LogP contribution in [0.2, 0.25) is 0 Å². The van der Waals surface area contributed by atoms with Crippen LogP contribution in [0.15, 0.2) is 66.0 Å². The maximum atomic E-state index is 12.8. The van der Waals surface area contributed by atoms with Crippen LogP contribution in [0.4, 0.5) is 0 Å². The largest absolute Gasteiger partial charge is 0.294 e. The fraction of sp³-hybridized carbons (Fsp3) is 0.217. The molecule has 5 rings (SSSR count). The van der Waals surface area contributed by atoms with Crippen LogP contribution in [-0.4, -0.2) is 25.4 Å². The fourth-order valence-corrected chi connectivity index (χ4v) is 4.65. The third-order valence-corrected chi connectivity index (χ3v) is 6.25. The Labute approximate surface area is 173 Å². The molecule has 0 fully saturated rings. The molecule has 0 radical (unpaired) electrons. The van der Waals surface area contributed by atoms with Gasteiger partial charge >= 0.3 is 0 Å². The van der Waals surface area contributed by atoms with Crippen molar-refractivity contribution in [1.82, 2.24) is 19.6 Å². The topological polar surface area (TPSA) is 60.2 Å². The normalized spacial score (nSPS) is 16.2. The van der Waals surface area contributed by atoms with Crippen molar-refractivity contribution in [2.45, 2.75) is 36.6 Å². The molecule has 29 heavy (non-hydrogen) atoms. The maximum Gasteiger partial charge on any atom is 0.253 e. The smallest absolute Gasteiger partial charge is 0.253 e. The molecule has 2 aromatic carbocycles. The van der Waals surface area contributed by atoms with Crippen molar-refractivity contribution >= 4 is 23.3 Å². The van der Waals surface area contributed by atoms with Gasteiger partial charge in [-0.05, 0) is 30.4 Å². The van der Waals surface area contributed by atoms with Crippen molar-refractivity contribution in [3.63, 3.8) is 0 Å². The molecule has 6 heteroatoms. The summed E-state index contributed by atoms with van der Waals surface area (Å²) < 4.78 is 1.77. The summed E-state index contributed by atoms with van der Waals surface area (Å²) in [5, 5.41) is 5.36. The predicted molar refractivity (Wildman–Crippen MR) is 113 cm³/mol. The van der Waals surface area contributed by atoms with Crippen molar-refractivity contribution in [3.05, 3.63) is 88.7 Å². The average Bonchev–Trinajstić information content (AvgIpc) is 3.17. The van der Waals surface area contributed by atoms with Gasteiger partial charge in [-0.15, -0.1) is 5.10 Å². The number of fused-ring (bicyclic) bond motifs is 3. The Morgan fingerprint density at radius 1 is 1.10 bits per heavy atom. The fourth-order valence-electron chi connectivity index (χ4n) is 3.87. The highest BCUT2D eigenvalue weighted by atomic mass is 32.2. The Morgan fingerprint density at radius 3 is 2.79 bits per heavy atom. The third-order valence-electron chi connectivity index (χ3n) is 5.34. The van der Waals surface area contributed by atoms with Gasteiger partial charge in [0, 0.05) is 18.4 Å². The van der Waals surface area contributed by atoms with Crippen molar-refractivity contribution in [1.29, 1.82) is 0 Å². The maximum absolute atomic E-state index is 12.8. The van der Waals surface area contributed by atoms with E-state index >= 15 is 0 Å². The molecule has 0 amide bonds. The predicted octanol–water partition coefficient (Wildman–Crippen LogP) is 4.64. The van der Waals surface area contributed by atoms with Gasteiger partial charge in [0.15, 0.2) is 5.78 Å². The van der Waals surface area contributed by atoms with Crippen molar-refractivity contribution in [2.75, 3.05) is 0 Å². The Balaban J connectivity index is 1.47. The summed E-state index contributed by atoms with van der Waals surface area (Å²) in [6, 6.07) is 18.7. The first-order chi connectivity index (χ1) is 14.2. The molecular formula is C23H20N4OS. The molecule has 0 saturated heterocycles. The molecule has 1 aliphatic rings. The minimum atomic E-state index is 0.126. The lowest BCUT2D eigenvalue weighted by Gasteiger charge is -2.24. The van der Waals surface area contributed by atoms with Gasteiger partial charge in [0.1, 0.15) is 0 Å². The number of hydrogen-bond donors (Lipinski definition) is 0. The summed E-state index contributed by atoms with van der Waals surface area (Å²) in [5.41, 5.74) is 5.22. The quantitative estimate of drug-likeness (QED) is 0.467. The number of aryl methyl sites for hydroxylation is 1. The lowest BCUT2D eigenvalue weighted by Crippen LogP contribution is -2.22. The molecule has 0 aliphatic heterocycles.